The van der Waals surface area contributed by atoms with Crippen molar-refractivity contribution >= 4 is 71.5 Å². The Bertz CT molecular complexity index is 1460. The van der Waals surface area contributed by atoms with Crippen LogP contribution in [0.25, 0.3) is 32.7 Å². The van der Waals surface area contributed by atoms with Gasteiger partial charge in [0.1, 0.15) is 0 Å². The van der Waals surface area contributed by atoms with Gasteiger partial charge in [-0.2, -0.15) is 0 Å². The van der Waals surface area contributed by atoms with Crippen molar-refractivity contribution in [1.29, 1.82) is 0 Å². The van der Waals surface area contributed by atoms with E-state index in [0.29, 0.717) is 5.13 Å². The molecule has 0 aliphatic carbocycles. The zero-order valence-electron chi connectivity index (χ0n) is 18.4. The van der Waals surface area contributed by atoms with E-state index < -0.39 is 0 Å². The molecule has 0 fully saturated rings. The largest absolute Gasteiger partial charge is 0.301 e. The third-order valence-corrected chi connectivity index (χ3v) is 8.32. The maximum absolute atomic E-state index is 12.6. The number of nitrogens with zero attached hydrogens (tertiary/aromatic N) is 4. The van der Waals surface area contributed by atoms with Gasteiger partial charge in [0, 0.05) is 42.5 Å². The summed E-state index contributed by atoms with van der Waals surface area (Å²) in [5.41, 5.74) is 2.92. The highest BCUT2D eigenvalue weighted by Gasteiger charge is 2.20. The van der Waals surface area contributed by atoms with Crippen molar-refractivity contribution in [3.63, 3.8) is 0 Å². The fourth-order valence-corrected chi connectivity index (χ4v) is 6.35. The zero-order chi connectivity index (χ0) is 23.7. The first-order valence-electron chi connectivity index (χ1n) is 10.5. The number of carbonyl (C=O) groups is 1. The summed E-state index contributed by atoms with van der Waals surface area (Å²) in [6.45, 7) is 4.20. The zero-order valence-corrected chi connectivity index (χ0v) is 22.4. The van der Waals surface area contributed by atoms with Crippen molar-refractivity contribution in [3.8, 4) is 22.6 Å². The molecule has 3 aromatic heterocycles. The van der Waals surface area contributed by atoms with E-state index in [4.69, 9.17) is 0 Å². The molecule has 0 aliphatic heterocycles. The minimum absolute atomic E-state index is 0.123. The molecule has 0 radical (unpaired) electrons. The van der Waals surface area contributed by atoms with Crippen LogP contribution in [0.5, 0.6) is 0 Å². The van der Waals surface area contributed by atoms with Crippen molar-refractivity contribution in [2.75, 3.05) is 11.1 Å². The Labute approximate surface area is 217 Å². The minimum Gasteiger partial charge on any atom is -0.301 e. The van der Waals surface area contributed by atoms with Crippen molar-refractivity contribution in [3.05, 3.63) is 63.8 Å². The fraction of sp³-hybridized carbons (Fsp3) is 0.167. The van der Waals surface area contributed by atoms with Crippen LogP contribution in [0.3, 0.4) is 0 Å². The van der Waals surface area contributed by atoms with E-state index in [2.05, 4.69) is 72.4 Å². The van der Waals surface area contributed by atoms with E-state index >= 15 is 0 Å². The first-order valence-corrected chi connectivity index (χ1v) is 14.1. The Kier molecular flexibility index (Phi) is 6.82. The summed E-state index contributed by atoms with van der Waals surface area (Å²) in [6, 6.07) is 16.4. The molecule has 3 heterocycles. The van der Waals surface area contributed by atoms with Crippen LogP contribution in [0.15, 0.2) is 68.9 Å². The Balaban J connectivity index is 1.29. The van der Waals surface area contributed by atoms with Crippen molar-refractivity contribution in [1.82, 2.24) is 19.7 Å². The van der Waals surface area contributed by atoms with Crippen LogP contribution in [-0.4, -0.2) is 31.4 Å². The van der Waals surface area contributed by atoms with Crippen LogP contribution in [0.1, 0.15) is 19.9 Å². The van der Waals surface area contributed by atoms with Gasteiger partial charge in [-0.15, -0.1) is 32.9 Å². The van der Waals surface area contributed by atoms with Gasteiger partial charge in [-0.3, -0.25) is 9.36 Å². The summed E-state index contributed by atoms with van der Waals surface area (Å²) in [5, 5.41) is 18.4. The summed E-state index contributed by atoms with van der Waals surface area (Å²) in [5.74, 6) is 0.930. The minimum atomic E-state index is -0.123. The number of thioether (sulfide) groups is 1. The first-order chi connectivity index (χ1) is 16.5. The van der Waals surface area contributed by atoms with Gasteiger partial charge < -0.3 is 5.32 Å². The molecule has 1 amide bonds. The number of benzene rings is 2. The van der Waals surface area contributed by atoms with Crippen LogP contribution in [0, 0.1) is 0 Å². The van der Waals surface area contributed by atoms with Crippen LogP contribution >= 0.6 is 50.4 Å². The highest BCUT2D eigenvalue weighted by molar-refractivity contribution is 9.10. The third-order valence-electron chi connectivity index (χ3n) is 5.13. The topological polar surface area (TPSA) is 72.7 Å². The predicted octanol–water partition coefficient (Wildman–Crippen LogP) is 7.36. The number of thiazole rings is 1. The summed E-state index contributed by atoms with van der Waals surface area (Å²) >= 11 is 7.94. The second-order valence-electron chi connectivity index (χ2n) is 7.80. The number of amides is 1. The SMILES string of the molecule is CC(C)n1c(SCC(=O)Nc2nc(-c3ccc(Br)cc3)cs2)nnc1-c1csc2ccccc12. The van der Waals surface area contributed by atoms with Gasteiger partial charge in [0.15, 0.2) is 16.1 Å². The molecule has 2 aromatic carbocycles. The van der Waals surface area contributed by atoms with Gasteiger partial charge in [0.2, 0.25) is 5.91 Å². The molecule has 0 saturated heterocycles. The van der Waals surface area contributed by atoms with Gasteiger partial charge in [-0.25, -0.2) is 4.98 Å². The molecule has 10 heteroatoms. The van der Waals surface area contributed by atoms with Gasteiger partial charge in [0.25, 0.3) is 0 Å². The summed E-state index contributed by atoms with van der Waals surface area (Å²) < 4.78 is 4.33. The molecule has 5 aromatic rings. The lowest BCUT2D eigenvalue weighted by molar-refractivity contribution is -0.113. The van der Waals surface area contributed by atoms with Gasteiger partial charge in [-0.05, 0) is 32.0 Å². The quantitative estimate of drug-likeness (QED) is 0.207. The second kappa shape index (κ2) is 9.99. The maximum atomic E-state index is 12.6. The molecular formula is C24H20BrN5OS3. The van der Waals surface area contributed by atoms with Crippen molar-refractivity contribution < 1.29 is 4.79 Å². The Morgan fingerprint density at radius 3 is 2.68 bits per heavy atom. The highest BCUT2D eigenvalue weighted by Crippen LogP contribution is 2.36. The number of nitrogens with one attached hydrogen (secondary N) is 1. The van der Waals surface area contributed by atoms with E-state index in [-0.39, 0.29) is 17.7 Å². The average molecular weight is 571 g/mol. The molecule has 34 heavy (non-hydrogen) atoms. The third kappa shape index (κ3) is 4.81. The number of fused-ring (bicyclic) bond motifs is 1. The van der Waals surface area contributed by atoms with Crippen molar-refractivity contribution in [2.24, 2.45) is 0 Å². The van der Waals surface area contributed by atoms with Gasteiger partial charge in [-0.1, -0.05) is 58.0 Å². The molecule has 0 atom stereocenters. The summed E-state index contributed by atoms with van der Waals surface area (Å²) in [6.07, 6.45) is 0. The molecule has 1 N–H and O–H groups in total. The van der Waals surface area contributed by atoms with E-state index in [0.717, 1.165) is 32.3 Å². The van der Waals surface area contributed by atoms with E-state index in [1.54, 1.807) is 11.3 Å². The van der Waals surface area contributed by atoms with E-state index in [1.165, 1.54) is 33.2 Å². The standard InChI is InChI=1S/C24H20BrN5OS3/c1-14(2)30-22(18-11-32-20-6-4-3-5-17(18)20)28-29-24(30)34-13-21(31)27-23-26-19(12-33-23)15-7-9-16(25)10-8-15/h3-12,14H,13H2,1-2H3,(H,26,27,31). The predicted molar refractivity (Wildman–Crippen MR) is 146 cm³/mol. The molecule has 0 spiro atoms. The van der Waals surface area contributed by atoms with Crippen LogP contribution in [-0.2, 0) is 4.79 Å². The van der Waals surface area contributed by atoms with E-state index in [9.17, 15) is 4.79 Å². The second-order valence-corrected chi connectivity index (χ2v) is 11.4. The van der Waals surface area contributed by atoms with Gasteiger partial charge in [0.05, 0.1) is 11.4 Å². The first kappa shape index (κ1) is 23.2. The summed E-state index contributed by atoms with van der Waals surface area (Å²) in [4.78, 5) is 17.2. The smallest absolute Gasteiger partial charge is 0.236 e. The van der Waals surface area contributed by atoms with Crippen LogP contribution in [0.4, 0.5) is 5.13 Å². The molecule has 0 bridgehead atoms. The lowest BCUT2D eigenvalue weighted by Gasteiger charge is -2.13. The molecule has 0 aliphatic rings. The number of carbonyl (C=O) groups excluding carboxylic acids is 1. The van der Waals surface area contributed by atoms with E-state index in [1.807, 2.05) is 41.8 Å². The maximum Gasteiger partial charge on any atom is 0.236 e. The lowest BCUT2D eigenvalue weighted by Crippen LogP contribution is -2.15. The number of halogens is 1. The fourth-order valence-electron chi connectivity index (χ4n) is 3.55. The normalized spacial score (nSPS) is 11.4. The number of thiophene rings is 1. The van der Waals surface area contributed by atoms with Crippen LogP contribution in [0.2, 0.25) is 0 Å². The number of anilines is 1. The number of hydrogen-bond donors (Lipinski definition) is 1. The van der Waals surface area contributed by atoms with Gasteiger partial charge >= 0.3 is 0 Å². The molecule has 0 unspecified atom stereocenters. The number of aromatic nitrogens is 4. The summed E-state index contributed by atoms with van der Waals surface area (Å²) in [7, 11) is 0. The van der Waals surface area contributed by atoms with Crippen LogP contribution < -0.4 is 5.32 Å². The molecule has 172 valence electrons. The van der Waals surface area contributed by atoms with Crippen molar-refractivity contribution in [2.45, 2.75) is 25.0 Å². The number of hydrogen-bond acceptors (Lipinski definition) is 7. The monoisotopic (exact) mass is 569 g/mol. The highest BCUT2D eigenvalue weighted by atomic mass is 79.9. The Morgan fingerprint density at radius 1 is 1.09 bits per heavy atom. The molecule has 6 nitrogen and oxygen atoms in total. The number of rotatable bonds is 7. The average Bonchev–Trinajstić information content (AvgIpc) is 3.56. The molecule has 5 rings (SSSR count). The Hall–Kier alpha value is -2.53. The lowest BCUT2D eigenvalue weighted by atomic mass is 10.1. The Morgan fingerprint density at radius 2 is 1.88 bits per heavy atom. The molecular weight excluding hydrogens is 550 g/mol. The molecule has 0 saturated carbocycles.